The number of nitrogens with zero attached hydrogens (tertiary/aromatic N) is 2. The van der Waals surface area contributed by atoms with E-state index < -0.39 is 0 Å². The Morgan fingerprint density at radius 1 is 1.25 bits per heavy atom. The molecule has 0 atom stereocenters. The lowest BCUT2D eigenvalue weighted by Gasteiger charge is -2.23. The summed E-state index contributed by atoms with van der Waals surface area (Å²) in [5, 5.41) is 8.96. The van der Waals surface area contributed by atoms with Crippen LogP contribution in [0.2, 0.25) is 0 Å². The predicted molar refractivity (Wildman–Crippen MR) is 68.1 cm³/mol. The molecular weight excluding hydrogens is 196 g/mol. The van der Waals surface area contributed by atoms with E-state index in [1.807, 2.05) is 13.8 Å². The molecule has 0 aromatic heterocycles. The minimum Gasteiger partial charge on any atom is -0.300 e. The van der Waals surface area contributed by atoms with Crippen LogP contribution in [0.5, 0.6) is 0 Å². The summed E-state index contributed by atoms with van der Waals surface area (Å²) in [6.07, 6.45) is 7.58. The van der Waals surface area contributed by atoms with Crippen molar-refractivity contribution in [1.82, 2.24) is 4.90 Å². The minimum absolute atomic E-state index is 0.139. The summed E-state index contributed by atoms with van der Waals surface area (Å²) in [5.41, 5.74) is -0.139. The van der Waals surface area contributed by atoms with Crippen molar-refractivity contribution in [2.24, 2.45) is 5.41 Å². The van der Waals surface area contributed by atoms with Crippen LogP contribution in [-0.4, -0.2) is 24.0 Å². The first-order valence-corrected chi connectivity index (χ1v) is 6.74. The topological polar surface area (TPSA) is 27.0 Å². The van der Waals surface area contributed by atoms with Crippen molar-refractivity contribution in [3.63, 3.8) is 0 Å². The summed E-state index contributed by atoms with van der Waals surface area (Å²) in [6.45, 7) is 8.79. The molecule has 0 saturated heterocycles. The van der Waals surface area contributed by atoms with Gasteiger partial charge in [-0.25, -0.2) is 0 Å². The Kier molecular flexibility index (Phi) is 5.28. The zero-order valence-corrected chi connectivity index (χ0v) is 11.1. The molecule has 0 heterocycles. The Hall–Kier alpha value is -0.550. The highest BCUT2D eigenvalue weighted by molar-refractivity contribution is 4.92. The van der Waals surface area contributed by atoms with E-state index in [-0.39, 0.29) is 5.41 Å². The maximum absolute atomic E-state index is 8.96. The fourth-order valence-corrected chi connectivity index (χ4v) is 2.06. The zero-order chi connectivity index (χ0) is 12.0. The first kappa shape index (κ1) is 13.5. The predicted octanol–water partition coefficient (Wildman–Crippen LogP) is 3.58. The average Bonchev–Trinajstić information content (AvgIpc) is 3.07. The fraction of sp³-hybridized carbons (Fsp3) is 0.929. The second-order valence-corrected chi connectivity index (χ2v) is 5.72. The second-order valence-electron chi connectivity index (χ2n) is 5.72. The third kappa shape index (κ3) is 4.99. The quantitative estimate of drug-likeness (QED) is 0.627. The van der Waals surface area contributed by atoms with Gasteiger partial charge in [0.1, 0.15) is 0 Å². The van der Waals surface area contributed by atoms with Crippen LogP contribution in [0, 0.1) is 16.7 Å². The molecule has 0 aromatic rings. The van der Waals surface area contributed by atoms with E-state index >= 15 is 0 Å². The third-order valence-corrected chi connectivity index (χ3v) is 3.41. The van der Waals surface area contributed by atoms with Crippen LogP contribution in [0.3, 0.4) is 0 Å². The van der Waals surface area contributed by atoms with Crippen LogP contribution >= 0.6 is 0 Å². The van der Waals surface area contributed by atoms with Gasteiger partial charge in [0, 0.05) is 6.04 Å². The van der Waals surface area contributed by atoms with E-state index in [1.54, 1.807) is 0 Å². The molecule has 2 heteroatoms. The highest BCUT2D eigenvalue weighted by atomic mass is 15.2. The van der Waals surface area contributed by atoms with Crippen molar-refractivity contribution in [2.45, 2.75) is 65.3 Å². The van der Waals surface area contributed by atoms with Crippen LogP contribution in [-0.2, 0) is 0 Å². The first-order chi connectivity index (χ1) is 7.59. The molecule has 0 spiro atoms. The van der Waals surface area contributed by atoms with E-state index in [2.05, 4.69) is 17.9 Å². The normalized spacial score (nSPS) is 16.4. The van der Waals surface area contributed by atoms with Crippen molar-refractivity contribution in [3.05, 3.63) is 0 Å². The Morgan fingerprint density at radius 3 is 2.38 bits per heavy atom. The van der Waals surface area contributed by atoms with Crippen molar-refractivity contribution < 1.29 is 0 Å². The van der Waals surface area contributed by atoms with Crippen molar-refractivity contribution in [3.8, 4) is 6.07 Å². The molecule has 0 bridgehead atoms. The standard InChI is InChI=1S/C14H26N2/c1-4-5-10-16(13-7-8-13)11-6-9-14(2,3)12-15/h13H,4-11H2,1-3H3. The minimum atomic E-state index is -0.139. The van der Waals surface area contributed by atoms with Gasteiger partial charge in [-0.3, -0.25) is 0 Å². The van der Waals surface area contributed by atoms with E-state index in [4.69, 9.17) is 5.26 Å². The Labute approximate surface area is 101 Å². The van der Waals surface area contributed by atoms with Gasteiger partial charge in [0.2, 0.25) is 0 Å². The highest BCUT2D eigenvalue weighted by Crippen LogP contribution is 2.28. The van der Waals surface area contributed by atoms with Gasteiger partial charge in [0.05, 0.1) is 11.5 Å². The van der Waals surface area contributed by atoms with Crippen LogP contribution < -0.4 is 0 Å². The summed E-state index contributed by atoms with van der Waals surface area (Å²) in [6, 6.07) is 3.26. The molecule has 0 amide bonds. The van der Waals surface area contributed by atoms with Crippen molar-refractivity contribution in [2.75, 3.05) is 13.1 Å². The molecule has 0 radical (unpaired) electrons. The number of hydrogen-bond donors (Lipinski definition) is 0. The molecule has 0 unspecified atom stereocenters. The largest absolute Gasteiger partial charge is 0.300 e. The molecule has 2 nitrogen and oxygen atoms in total. The summed E-state index contributed by atoms with van der Waals surface area (Å²) in [5.74, 6) is 0. The molecule has 1 saturated carbocycles. The van der Waals surface area contributed by atoms with Gasteiger partial charge in [-0.05, 0) is 59.0 Å². The summed E-state index contributed by atoms with van der Waals surface area (Å²) in [7, 11) is 0. The lowest BCUT2D eigenvalue weighted by atomic mass is 9.90. The fourth-order valence-electron chi connectivity index (χ4n) is 2.06. The lowest BCUT2D eigenvalue weighted by Crippen LogP contribution is -2.29. The molecule has 1 rings (SSSR count). The molecule has 92 valence electrons. The summed E-state index contributed by atoms with van der Waals surface area (Å²) in [4.78, 5) is 2.64. The summed E-state index contributed by atoms with van der Waals surface area (Å²) < 4.78 is 0. The number of hydrogen-bond acceptors (Lipinski definition) is 2. The molecule has 0 N–H and O–H groups in total. The van der Waals surface area contributed by atoms with Gasteiger partial charge in [-0.2, -0.15) is 5.26 Å². The van der Waals surface area contributed by atoms with Crippen LogP contribution in [0.1, 0.15) is 59.3 Å². The highest BCUT2D eigenvalue weighted by Gasteiger charge is 2.28. The lowest BCUT2D eigenvalue weighted by molar-refractivity contribution is 0.243. The Bertz CT molecular complexity index is 236. The smallest absolute Gasteiger partial charge is 0.0683 e. The van der Waals surface area contributed by atoms with Gasteiger partial charge in [-0.15, -0.1) is 0 Å². The monoisotopic (exact) mass is 222 g/mol. The summed E-state index contributed by atoms with van der Waals surface area (Å²) >= 11 is 0. The third-order valence-electron chi connectivity index (χ3n) is 3.41. The van der Waals surface area contributed by atoms with Gasteiger partial charge in [-0.1, -0.05) is 13.3 Å². The SMILES string of the molecule is CCCCN(CCCC(C)(C)C#N)C1CC1. The molecule has 16 heavy (non-hydrogen) atoms. The maximum atomic E-state index is 8.96. The van der Waals surface area contributed by atoms with E-state index in [0.717, 1.165) is 12.5 Å². The number of unbranched alkanes of at least 4 members (excludes halogenated alkanes) is 1. The van der Waals surface area contributed by atoms with Gasteiger partial charge < -0.3 is 4.90 Å². The van der Waals surface area contributed by atoms with Crippen LogP contribution in [0.25, 0.3) is 0 Å². The average molecular weight is 222 g/mol. The zero-order valence-electron chi connectivity index (χ0n) is 11.1. The maximum Gasteiger partial charge on any atom is 0.0683 e. The molecule has 1 aliphatic rings. The van der Waals surface area contributed by atoms with Crippen LogP contribution in [0.4, 0.5) is 0 Å². The van der Waals surface area contributed by atoms with Gasteiger partial charge in [0.25, 0.3) is 0 Å². The number of rotatable bonds is 8. The molecular formula is C14H26N2. The Balaban J connectivity index is 2.20. The molecule has 0 aliphatic heterocycles. The molecule has 1 aliphatic carbocycles. The van der Waals surface area contributed by atoms with E-state index in [0.29, 0.717) is 0 Å². The molecule has 0 aromatic carbocycles. The van der Waals surface area contributed by atoms with E-state index in [1.165, 1.54) is 45.2 Å². The van der Waals surface area contributed by atoms with Gasteiger partial charge in [0.15, 0.2) is 0 Å². The number of nitriles is 1. The van der Waals surface area contributed by atoms with Crippen LogP contribution in [0.15, 0.2) is 0 Å². The van der Waals surface area contributed by atoms with Gasteiger partial charge >= 0.3 is 0 Å². The molecule has 1 fully saturated rings. The van der Waals surface area contributed by atoms with Crippen molar-refractivity contribution >= 4 is 0 Å². The van der Waals surface area contributed by atoms with Crippen molar-refractivity contribution in [1.29, 1.82) is 5.26 Å². The first-order valence-electron chi connectivity index (χ1n) is 6.74. The Morgan fingerprint density at radius 2 is 1.88 bits per heavy atom. The second kappa shape index (κ2) is 6.25. The van der Waals surface area contributed by atoms with E-state index in [9.17, 15) is 0 Å².